The summed E-state index contributed by atoms with van der Waals surface area (Å²) in [5.74, 6) is -1.58. The molecule has 1 heterocycles. The van der Waals surface area contributed by atoms with Gasteiger partial charge in [0.15, 0.2) is 0 Å². The first-order valence-corrected chi connectivity index (χ1v) is 6.89. The lowest BCUT2D eigenvalue weighted by atomic mass is 10.1. The Morgan fingerprint density at radius 2 is 2.20 bits per heavy atom. The second kappa shape index (κ2) is 6.11. The molecule has 1 aromatic carbocycles. The number of rotatable bonds is 5. The number of likely N-dealkylation sites (N-methyl/N-ethyl adjacent to an activating group) is 1. The summed E-state index contributed by atoms with van der Waals surface area (Å²) in [5, 5.41) is 10.3. The lowest BCUT2D eigenvalue weighted by molar-refractivity contribution is -0.143. The van der Waals surface area contributed by atoms with E-state index in [1.54, 1.807) is 30.3 Å². The zero-order chi connectivity index (χ0) is 14.7. The smallest absolute Gasteiger partial charge is 0.325 e. The molecule has 0 aliphatic carbocycles. The highest BCUT2D eigenvalue weighted by molar-refractivity contribution is 7.11. The van der Waals surface area contributed by atoms with Crippen molar-refractivity contribution in [1.29, 1.82) is 0 Å². The number of halogens is 1. The van der Waals surface area contributed by atoms with Crippen molar-refractivity contribution in [2.45, 2.75) is 19.5 Å². The van der Waals surface area contributed by atoms with Crippen molar-refractivity contribution in [1.82, 2.24) is 9.88 Å². The third-order valence-electron chi connectivity index (χ3n) is 2.95. The predicted octanol–water partition coefficient (Wildman–Crippen LogP) is 2.85. The molecular weight excluding hydrogens is 279 g/mol. The van der Waals surface area contributed by atoms with Gasteiger partial charge < -0.3 is 5.11 Å². The standard InChI is InChI=1S/C14H15FN2O2S/c1-9-16-7-10(20-9)8-17(2)13(14(18)19)11-5-3-4-6-12(11)15/h3-7,13H,8H2,1-2H3,(H,18,19). The summed E-state index contributed by atoms with van der Waals surface area (Å²) < 4.78 is 13.8. The van der Waals surface area contributed by atoms with Crippen LogP contribution in [0.1, 0.15) is 21.5 Å². The molecule has 0 fully saturated rings. The van der Waals surface area contributed by atoms with Gasteiger partial charge in [-0.1, -0.05) is 18.2 Å². The Balaban J connectivity index is 2.25. The Morgan fingerprint density at radius 3 is 2.75 bits per heavy atom. The summed E-state index contributed by atoms with van der Waals surface area (Å²) in [6, 6.07) is 4.94. The maximum Gasteiger partial charge on any atom is 0.325 e. The van der Waals surface area contributed by atoms with Gasteiger partial charge in [-0.25, -0.2) is 9.37 Å². The molecule has 0 aliphatic rings. The van der Waals surface area contributed by atoms with Crippen LogP contribution in [-0.4, -0.2) is 28.0 Å². The number of carboxylic acids is 1. The van der Waals surface area contributed by atoms with Crippen molar-refractivity contribution >= 4 is 17.3 Å². The number of nitrogens with zero attached hydrogens (tertiary/aromatic N) is 2. The largest absolute Gasteiger partial charge is 0.480 e. The molecule has 1 atom stereocenters. The number of aliphatic carboxylic acids is 1. The first kappa shape index (κ1) is 14.6. The van der Waals surface area contributed by atoms with Gasteiger partial charge in [-0.2, -0.15) is 0 Å². The van der Waals surface area contributed by atoms with Crippen LogP contribution in [0.15, 0.2) is 30.5 Å². The van der Waals surface area contributed by atoms with Crippen molar-refractivity contribution in [2.75, 3.05) is 7.05 Å². The van der Waals surface area contributed by atoms with Crippen LogP contribution in [0.3, 0.4) is 0 Å². The van der Waals surface area contributed by atoms with Gasteiger partial charge in [-0.3, -0.25) is 9.69 Å². The Labute approximate surface area is 120 Å². The molecule has 0 saturated heterocycles. The van der Waals surface area contributed by atoms with E-state index in [2.05, 4.69) is 4.98 Å². The highest BCUT2D eigenvalue weighted by Crippen LogP contribution is 2.25. The number of aryl methyl sites for hydroxylation is 1. The monoisotopic (exact) mass is 294 g/mol. The summed E-state index contributed by atoms with van der Waals surface area (Å²) in [4.78, 5) is 18.2. The Morgan fingerprint density at radius 1 is 1.50 bits per heavy atom. The summed E-state index contributed by atoms with van der Waals surface area (Å²) in [6.07, 6.45) is 1.72. The molecule has 4 nitrogen and oxygen atoms in total. The molecule has 0 spiro atoms. The number of thiazole rings is 1. The molecule has 6 heteroatoms. The molecular formula is C14H15FN2O2S. The molecule has 1 unspecified atom stereocenters. The van der Waals surface area contributed by atoms with E-state index in [0.717, 1.165) is 9.88 Å². The third-order valence-corrected chi connectivity index (χ3v) is 3.85. The molecule has 2 aromatic rings. The minimum Gasteiger partial charge on any atom is -0.480 e. The number of hydrogen-bond acceptors (Lipinski definition) is 4. The van der Waals surface area contributed by atoms with Gasteiger partial charge in [0, 0.05) is 23.2 Å². The zero-order valence-electron chi connectivity index (χ0n) is 11.2. The van der Waals surface area contributed by atoms with Crippen molar-refractivity contribution in [3.63, 3.8) is 0 Å². The average Bonchev–Trinajstić information content (AvgIpc) is 2.77. The number of carbonyl (C=O) groups is 1. The third kappa shape index (κ3) is 3.20. The first-order valence-electron chi connectivity index (χ1n) is 6.08. The first-order chi connectivity index (χ1) is 9.49. The summed E-state index contributed by atoms with van der Waals surface area (Å²) in [5.41, 5.74) is 0.170. The van der Waals surface area contributed by atoms with Gasteiger partial charge in [0.05, 0.1) is 5.01 Å². The van der Waals surface area contributed by atoms with Crippen LogP contribution in [-0.2, 0) is 11.3 Å². The number of hydrogen-bond donors (Lipinski definition) is 1. The molecule has 106 valence electrons. The summed E-state index contributed by atoms with van der Waals surface area (Å²) >= 11 is 1.51. The lowest BCUT2D eigenvalue weighted by Gasteiger charge is -2.24. The lowest BCUT2D eigenvalue weighted by Crippen LogP contribution is -2.31. The second-order valence-electron chi connectivity index (χ2n) is 4.52. The van der Waals surface area contributed by atoms with Gasteiger partial charge in [0.2, 0.25) is 0 Å². The molecule has 1 N–H and O–H groups in total. The Bertz CT molecular complexity index is 615. The average molecular weight is 294 g/mol. The van der Waals surface area contributed by atoms with Gasteiger partial charge in [0.25, 0.3) is 0 Å². The SMILES string of the molecule is Cc1ncc(CN(C)C(C(=O)O)c2ccccc2F)s1. The van der Waals surface area contributed by atoms with E-state index >= 15 is 0 Å². The number of aromatic nitrogens is 1. The quantitative estimate of drug-likeness (QED) is 0.921. The van der Waals surface area contributed by atoms with E-state index < -0.39 is 17.8 Å². The van der Waals surface area contributed by atoms with Crippen LogP contribution >= 0.6 is 11.3 Å². The zero-order valence-corrected chi connectivity index (χ0v) is 12.0. The maximum atomic E-state index is 13.8. The summed E-state index contributed by atoms with van der Waals surface area (Å²) in [7, 11) is 1.67. The second-order valence-corrected chi connectivity index (χ2v) is 5.84. The van der Waals surface area contributed by atoms with Crippen molar-refractivity contribution < 1.29 is 14.3 Å². The van der Waals surface area contributed by atoms with Gasteiger partial charge >= 0.3 is 5.97 Å². The van der Waals surface area contributed by atoms with Crippen LogP contribution in [0.25, 0.3) is 0 Å². The van der Waals surface area contributed by atoms with E-state index in [1.165, 1.54) is 23.5 Å². The maximum absolute atomic E-state index is 13.8. The molecule has 0 bridgehead atoms. The van der Waals surface area contributed by atoms with E-state index in [-0.39, 0.29) is 5.56 Å². The van der Waals surface area contributed by atoms with Gasteiger partial charge in [-0.15, -0.1) is 11.3 Å². The minimum atomic E-state index is -1.07. The van der Waals surface area contributed by atoms with Crippen molar-refractivity contribution in [3.05, 3.63) is 51.7 Å². The van der Waals surface area contributed by atoms with E-state index in [4.69, 9.17) is 0 Å². The summed E-state index contributed by atoms with van der Waals surface area (Å²) in [6.45, 7) is 2.30. The fourth-order valence-electron chi connectivity index (χ4n) is 2.07. The topological polar surface area (TPSA) is 53.4 Å². The molecule has 2 rings (SSSR count). The Kier molecular flexibility index (Phi) is 4.46. The van der Waals surface area contributed by atoms with Crippen LogP contribution in [0, 0.1) is 12.7 Å². The fraction of sp³-hybridized carbons (Fsp3) is 0.286. The molecule has 0 radical (unpaired) electrons. The van der Waals surface area contributed by atoms with Gasteiger partial charge in [-0.05, 0) is 20.0 Å². The number of carboxylic acid groups (broad SMARTS) is 1. The molecule has 20 heavy (non-hydrogen) atoms. The molecule has 0 saturated carbocycles. The van der Waals surface area contributed by atoms with E-state index in [1.807, 2.05) is 6.92 Å². The highest BCUT2D eigenvalue weighted by atomic mass is 32.1. The minimum absolute atomic E-state index is 0.170. The Hall–Kier alpha value is -1.79. The van der Waals surface area contributed by atoms with E-state index in [9.17, 15) is 14.3 Å². The molecule has 0 amide bonds. The van der Waals surface area contributed by atoms with Crippen LogP contribution < -0.4 is 0 Å². The van der Waals surface area contributed by atoms with E-state index in [0.29, 0.717) is 6.54 Å². The fourth-order valence-corrected chi connectivity index (χ4v) is 2.93. The molecule has 1 aromatic heterocycles. The molecule has 0 aliphatic heterocycles. The normalized spacial score (nSPS) is 12.6. The van der Waals surface area contributed by atoms with Crippen molar-refractivity contribution in [3.8, 4) is 0 Å². The van der Waals surface area contributed by atoms with Crippen LogP contribution in [0.5, 0.6) is 0 Å². The predicted molar refractivity (Wildman–Crippen MR) is 75.1 cm³/mol. The van der Waals surface area contributed by atoms with Crippen molar-refractivity contribution in [2.24, 2.45) is 0 Å². The van der Waals surface area contributed by atoms with Crippen LogP contribution in [0.4, 0.5) is 4.39 Å². The van der Waals surface area contributed by atoms with Gasteiger partial charge in [0.1, 0.15) is 11.9 Å². The van der Waals surface area contributed by atoms with Crippen LogP contribution in [0.2, 0.25) is 0 Å². The highest BCUT2D eigenvalue weighted by Gasteiger charge is 2.27. The number of benzene rings is 1.